The predicted molar refractivity (Wildman–Crippen MR) is 130 cm³/mol. The Morgan fingerprint density at radius 2 is 1.74 bits per heavy atom. The second-order valence-corrected chi connectivity index (χ2v) is 8.31. The first-order valence-electron chi connectivity index (χ1n) is 10.1. The highest BCUT2D eigenvalue weighted by molar-refractivity contribution is 9.10. The minimum Gasteiger partial charge on any atom is -0.493 e. The molecule has 0 radical (unpaired) electrons. The van der Waals surface area contributed by atoms with Crippen molar-refractivity contribution in [3.8, 4) is 11.5 Å². The van der Waals surface area contributed by atoms with Gasteiger partial charge in [-0.25, -0.2) is 0 Å². The topological polar surface area (TPSA) is 47.6 Å². The second kappa shape index (κ2) is 10.8. The smallest absolute Gasteiger partial charge is 0.248 e. The van der Waals surface area contributed by atoms with Gasteiger partial charge in [-0.2, -0.15) is 0 Å². The Morgan fingerprint density at radius 3 is 2.39 bits per heavy atom. The van der Waals surface area contributed by atoms with Crippen LogP contribution in [0.15, 0.2) is 77.3 Å². The average molecular weight is 480 g/mol. The summed E-state index contributed by atoms with van der Waals surface area (Å²) in [6.07, 6.45) is 3.23. The van der Waals surface area contributed by atoms with Crippen LogP contribution < -0.4 is 14.8 Å². The van der Waals surface area contributed by atoms with Crippen LogP contribution in [0.5, 0.6) is 11.5 Å². The summed E-state index contributed by atoms with van der Waals surface area (Å²) in [5.41, 5.74) is 3.79. The molecule has 3 aromatic rings. The minimum atomic E-state index is -0.209. The maximum absolute atomic E-state index is 12.4. The van der Waals surface area contributed by atoms with Crippen LogP contribution in [0, 0.1) is 0 Å². The highest BCUT2D eigenvalue weighted by atomic mass is 79.9. The molecular weight excluding hydrogens is 454 g/mol. The summed E-state index contributed by atoms with van der Waals surface area (Å²) in [6.45, 7) is 4.67. The Kier molecular flexibility index (Phi) is 7.90. The number of anilines is 1. The van der Waals surface area contributed by atoms with Gasteiger partial charge in [0.15, 0.2) is 11.5 Å². The molecule has 0 bridgehead atoms. The number of halogens is 1. The number of carbonyl (C=O) groups excluding carboxylic acids is 1. The van der Waals surface area contributed by atoms with Gasteiger partial charge in [-0.3, -0.25) is 4.79 Å². The van der Waals surface area contributed by atoms with Crippen LogP contribution >= 0.6 is 15.9 Å². The molecule has 0 aromatic heterocycles. The maximum Gasteiger partial charge on any atom is 0.248 e. The first-order valence-corrected chi connectivity index (χ1v) is 10.9. The molecule has 0 spiro atoms. The molecule has 0 aliphatic heterocycles. The molecule has 0 aliphatic carbocycles. The van der Waals surface area contributed by atoms with E-state index in [0.29, 0.717) is 24.0 Å². The van der Waals surface area contributed by atoms with Crippen LogP contribution in [0.4, 0.5) is 5.69 Å². The number of amides is 1. The third-order valence-corrected chi connectivity index (χ3v) is 5.31. The molecule has 0 saturated heterocycles. The Balaban J connectivity index is 1.71. The van der Waals surface area contributed by atoms with E-state index in [4.69, 9.17) is 9.47 Å². The van der Waals surface area contributed by atoms with E-state index in [-0.39, 0.29) is 5.91 Å². The maximum atomic E-state index is 12.4. The SMILES string of the molecule is COc1cccc(/C=C/C(=O)Nc2ccc(C(C)C)cc2)c1OCc1ccc(Br)cc1. The van der Waals surface area contributed by atoms with Crippen molar-refractivity contribution in [3.05, 3.63) is 94.0 Å². The molecule has 0 saturated carbocycles. The van der Waals surface area contributed by atoms with Gasteiger partial charge in [0.05, 0.1) is 7.11 Å². The van der Waals surface area contributed by atoms with Crippen molar-refractivity contribution in [2.75, 3.05) is 12.4 Å². The fourth-order valence-corrected chi connectivity index (χ4v) is 3.28. The van der Waals surface area contributed by atoms with E-state index in [0.717, 1.165) is 21.3 Å². The highest BCUT2D eigenvalue weighted by Gasteiger charge is 2.10. The van der Waals surface area contributed by atoms with Crippen LogP contribution in [0.2, 0.25) is 0 Å². The average Bonchev–Trinajstić information content (AvgIpc) is 2.77. The molecule has 3 rings (SSSR count). The van der Waals surface area contributed by atoms with E-state index in [1.54, 1.807) is 13.2 Å². The van der Waals surface area contributed by atoms with Crippen molar-refractivity contribution in [1.29, 1.82) is 0 Å². The van der Waals surface area contributed by atoms with Crippen LogP contribution in [-0.4, -0.2) is 13.0 Å². The molecule has 4 nitrogen and oxygen atoms in total. The normalized spacial score (nSPS) is 11.0. The van der Waals surface area contributed by atoms with Crippen LogP contribution in [0.3, 0.4) is 0 Å². The van der Waals surface area contributed by atoms with Crippen LogP contribution in [-0.2, 0) is 11.4 Å². The second-order valence-electron chi connectivity index (χ2n) is 7.39. The standard InChI is InChI=1S/C26H26BrNO3/c1-18(2)20-9-14-23(15-10-20)28-25(29)16-11-21-5-4-6-24(30-3)26(21)31-17-19-7-12-22(27)13-8-19/h4-16,18H,17H2,1-3H3,(H,28,29)/b16-11+. The van der Waals surface area contributed by atoms with Crippen molar-refractivity contribution in [1.82, 2.24) is 0 Å². The summed E-state index contributed by atoms with van der Waals surface area (Å²) < 4.78 is 12.5. The number of benzene rings is 3. The van der Waals surface area contributed by atoms with E-state index >= 15 is 0 Å². The van der Waals surface area contributed by atoms with Gasteiger partial charge >= 0.3 is 0 Å². The zero-order valence-electron chi connectivity index (χ0n) is 17.9. The van der Waals surface area contributed by atoms with Crippen molar-refractivity contribution < 1.29 is 14.3 Å². The van der Waals surface area contributed by atoms with E-state index in [1.807, 2.05) is 66.7 Å². The summed E-state index contributed by atoms with van der Waals surface area (Å²) in [7, 11) is 1.60. The number of para-hydroxylation sites is 1. The molecule has 0 heterocycles. The van der Waals surface area contributed by atoms with Crippen LogP contribution in [0.25, 0.3) is 6.08 Å². The van der Waals surface area contributed by atoms with Gasteiger partial charge in [-0.15, -0.1) is 0 Å². The third-order valence-electron chi connectivity index (χ3n) is 4.78. The number of nitrogens with one attached hydrogen (secondary N) is 1. The van der Waals surface area contributed by atoms with Gasteiger partial charge in [0.1, 0.15) is 6.61 Å². The van der Waals surface area contributed by atoms with Gasteiger partial charge in [-0.1, -0.05) is 66.2 Å². The monoisotopic (exact) mass is 479 g/mol. The largest absolute Gasteiger partial charge is 0.493 e. The zero-order valence-corrected chi connectivity index (χ0v) is 19.5. The van der Waals surface area contributed by atoms with Crippen LogP contribution in [0.1, 0.15) is 36.5 Å². The number of hydrogen-bond acceptors (Lipinski definition) is 3. The van der Waals surface area contributed by atoms with Gasteiger partial charge in [-0.05, 0) is 53.5 Å². The van der Waals surface area contributed by atoms with E-state index in [1.165, 1.54) is 11.6 Å². The highest BCUT2D eigenvalue weighted by Crippen LogP contribution is 2.33. The molecular formula is C26H26BrNO3. The summed E-state index contributed by atoms with van der Waals surface area (Å²) in [5.74, 6) is 1.45. The molecule has 160 valence electrons. The first-order chi connectivity index (χ1) is 15.0. The third kappa shape index (κ3) is 6.46. The molecule has 31 heavy (non-hydrogen) atoms. The van der Waals surface area contributed by atoms with Gasteiger partial charge in [0, 0.05) is 21.8 Å². The number of ether oxygens (including phenoxy) is 2. The Bertz CT molecular complexity index is 1040. The van der Waals surface area contributed by atoms with Crippen molar-refractivity contribution in [3.63, 3.8) is 0 Å². The molecule has 0 atom stereocenters. The molecule has 1 amide bonds. The summed E-state index contributed by atoms with van der Waals surface area (Å²) >= 11 is 3.44. The van der Waals surface area contributed by atoms with Gasteiger partial charge < -0.3 is 14.8 Å². The van der Waals surface area contributed by atoms with Gasteiger partial charge in [0.25, 0.3) is 0 Å². The number of carbonyl (C=O) groups is 1. The number of rotatable bonds is 8. The predicted octanol–water partition coefficient (Wildman–Crippen LogP) is 6.81. The lowest BCUT2D eigenvalue weighted by Crippen LogP contribution is -2.07. The minimum absolute atomic E-state index is 0.209. The van der Waals surface area contributed by atoms with Crippen molar-refractivity contribution in [2.24, 2.45) is 0 Å². The Labute approximate surface area is 192 Å². The Morgan fingerprint density at radius 1 is 1.03 bits per heavy atom. The summed E-state index contributed by atoms with van der Waals surface area (Å²) in [6, 6.07) is 21.4. The molecule has 5 heteroatoms. The molecule has 0 fully saturated rings. The van der Waals surface area contributed by atoms with Crippen molar-refractivity contribution >= 4 is 33.6 Å². The number of hydrogen-bond donors (Lipinski definition) is 1. The number of methoxy groups -OCH3 is 1. The lowest BCUT2D eigenvalue weighted by molar-refractivity contribution is -0.111. The summed E-state index contributed by atoms with van der Waals surface area (Å²) in [4.78, 5) is 12.4. The molecule has 3 aromatic carbocycles. The van der Waals surface area contributed by atoms with E-state index in [2.05, 4.69) is 35.1 Å². The molecule has 0 aliphatic rings. The quantitative estimate of drug-likeness (QED) is 0.360. The van der Waals surface area contributed by atoms with E-state index in [9.17, 15) is 4.79 Å². The fraction of sp³-hybridized carbons (Fsp3) is 0.192. The summed E-state index contributed by atoms with van der Waals surface area (Å²) in [5, 5.41) is 2.89. The fourth-order valence-electron chi connectivity index (χ4n) is 3.02. The van der Waals surface area contributed by atoms with Crippen molar-refractivity contribution in [2.45, 2.75) is 26.4 Å². The van der Waals surface area contributed by atoms with Gasteiger partial charge in [0.2, 0.25) is 5.91 Å². The Hall–Kier alpha value is -3.05. The molecule has 0 unspecified atom stereocenters. The zero-order chi connectivity index (χ0) is 22.2. The first kappa shape index (κ1) is 22.6. The lowest BCUT2D eigenvalue weighted by atomic mass is 10.0. The van der Waals surface area contributed by atoms with E-state index < -0.39 is 0 Å². The molecule has 1 N–H and O–H groups in total. The lowest BCUT2D eigenvalue weighted by Gasteiger charge is -2.13.